The Balaban J connectivity index is 1.65. The van der Waals surface area contributed by atoms with Gasteiger partial charge in [0.05, 0.1) is 32.6 Å². The van der Waals surface area contributed by atoms with E-state index >= 15 is 0 Å². The van der Waals surface area contributed by atoms with Gasteiger partial charge in [-0.15, -0.1) is 0 Å². The number of sulfone groups is 1. The second-order valence-corrected chi connectivity index (χ2v) is 13.5. The van der Waals surface area contributed by atoms with Gasteiger partial charge in [0.15, 0.2) is 15.7 Å². The molecule has 3 heterocycles. The Morgan fingerprint density at radius 1 is 1.14 bits per heavy atom. The molecule has 1 aromatic heterocycles. The number of hydrogen-bond donors (Lipinski definition) is 0. The van der Waals surface area contributed by atoms with Gasteiger partial charge in [0.1, 0.15) is 11.9 Å². The minimum absolute atomic E-state index is 0.0734. The van der Waals surface area contributed by atoms with Crippen molar-refractivity contribution in [1.82, 2.24) is 14.9 Å². The first-order valence-corrected chi connectivity index (χ1v) is 14.9. The zero-order chi connectivity index (χ0) is 26.5. The van der Waals surface area contributed by atoms with Crippen molar-refractivity contribution < 1.29 is 13.2 Å². The first-order chi connectivity index (χ1) is 17.6. The molecule has 1 fully saturated rings. The molecule has 0 bridgehead atoms. The molecule has 0 spiro atoms. The van der Waals surface area contributed by atoms with Crippen LogP contribution in [0.25, 0.3) is 22.6 Å². The molecule has 1 unspecified atom stereocenters. The lowest BCUT2D eigenvalue weighted by atomic mass is 9.82. The Hall–Kier alpha value is -2.48. The number of halogens is 1. The molecule has 6 nitrogen and oxygen atoms in total. The zero-order valence-corrected chi connectivity index (χ0v) is 23.7. The van der Waals surface area contributed by atoms with E-state index in [-0.39, 0.29) is 11.0 Å². The second-order valence-electron chi connectivity index (χ2n) is 10.7. The van der Waals surface area contributed by atoms with E-state index < -0.39 is 15.1 Å². The third-order valence-electron chi connectivity index (χ3n) is 7.62. The Kier molecular flexibility index (Phi) is 7.07. The first-order valence-electron chi connectivity index (χ1n) is 13.0. The number of ether oxygens (including phenoxy) is 1. The summed E-state index contributed by atoms with van der Waals surface area (Å²) < 4.78 is 32.6. The number of fused-ring (bicyclic) bond motifs is 1. The average Bonchev–Trinajstić information content (AvgIpc) is 3.25. The summed E-state index contributed by atoms with van der Waals surface area (Å²) in [6.07, 6.45) is 4.77. The highest BCUT2D eigenvalue weighted by Gasteiger charge is 2.33. The molecule has 196 valence electrons. The van der Waals surface area contributed by atoms with Crippen molar-refractivity contribution in [2.45, 2.75) is 69.1 Å². The number of aromatic nitrogens is 2. The SMILES string of the molecule is Cc1cc(-c2ncc(Cl)c(-c3ccccc3S(=O)(=O)C(C)C)n2)c2c(c1C1CCN(C)CC1)CC(C)O2. The van der Waals surface area contributed by atoms with Crippen molar-refractivity contribution in [2.24, 2.45) is 0 Å². The van der Waals surface area contributed by atoms with E-state index in [1.165, 1.54) is 16.7 Å². The van der Waals surface area contributed by atoms with Gasteiger partial charge in [-0.2, -0.15) is 0 Å². The van der Waals surface area contributed by atoms with Crippen LogP contribution in [0, 0.1) is 6.92 Å². The van der Waals surface area contributed by atoms with Crippen molar-refractivity contribution in [1.29, 1.82) is 0 Å². The van der Waals surface area contributed by atoms with E-state index in [9.17, 15) is 8.42 Å². The molecule has 1 atom stereocenters. The molecule has 0 radical (unpaired) electrons. The van der Waals surface area contributed by atoms with E-state index in [0.29, 0.717) is 28.0 Å². The summed E-state index contributed by atoms with van der Waals surface area (Å²) in [5, 5.41) is -0.262. The monoisotopic (exact) mass is 539 g/mol. The minimum Gasteiger partial charge on any atom is -0.489 e. The predicted molar refractivity (Wildman–Crippen MR) is 148 cm³/mol. The number of likely N-dealkylation sites (tertiary alicyclic amines) is 1. The van der Waals surface area contributed by atoms with Crippen LogP contribution in [-0.2, 0) is 16.3 Å². The van der Waals surface area contributed by atoms with Gasteiger partial charge in [-0.05, 0) is 89.9 Å². The molecule has 3 aromatic rings. The minimum atomic E-state index is -3.54. The van der Waals surface area contributed by atoms with Crippen LogP contribution in [0.3, 0.4) is 0 Å². The maximum Gasteiger partial charge on any atom is 0.181 e. The fourth-order valence-corrected chi connectivity index (χ4v) is 7.07. The summed E-state index contributed by atoms with van der Waals surface area (Å²) in [5.74, 6) is 1.85. The maximum atomic E-state index is 13.1. The number of benzene rings is 2. The van der Waals surface area contributed by atoms with Crippen LogP contribution in [0.1, 0.15) is 56.2 Å². The molecule has 2 aliphatic rings. The van der Waals surface area contributed by atoms with Gasteiger partial charge in [0, 0.05) is 17.5 Å². The molecular weight excluding hydrogens is 506 g/mol. The molecule has 0 saturated carbocycles. The van der Waals surface area contributed by atoms with Crippen LogP contribution in [0.4, 0.5) is 0 Å². The number of aryl methyl sites for hydroxylation is 1. The number of nitrogens with zero attached hydrogens (tertiary/aromatic N) is 3. The van der Waals surface area contributed by atoms with Crippen molar-refractivity contribution >= 4 is 21.4 Å². The molecule has 5 rings (SSSR count). The van der Waals surface area contributed by atoms with Gasteiger partial charge in [0.2, 0.25) is 0 Å². The molecular formula is C29H34ClN3O3S. The highest BCUT2D eigenvalue weighted by Crippen LogP contribution is 2.46. The van der Waals surface area contributed by atoms with Crippen LogP contribution in [0.2, 0.25) is 5.02 Å². The lowest BCUT2D eigenvalue weighted by Crippen LogP contribution is -2.29. The lowest BCUT2D eigenvalue weighted by molar-refractivity contribution is 0.254. The molecule has 37 heavy (non-hydrogen) atoms. The van der Waals surface area contributed by atoms with Crippen LogP contribution >= 0.6 is 11.6 Å². The summed E-state index contributed by atoms with van der Waals surface area (Å²) >= 11 is 6.58. The van der Waals surface area contributed by atoms with Gasteiger partial charge in [0.25, 0.3) is 0 Å². The van der Waals surface area contributed by atoms with Crippen molar-refractivity contribution in [2.75, 3.05) is 20.1 Å². The standard InChI is InChI=1S/C29H34ClN3O3S/c1-17(2)37(34,35)25-9-7-6-8-21(25)27-24(30)16-31-29(32-27)23-14-18(3)26(20-10-12-33(5)13-11-20)22-15-19(4)36-28(22)23/h6-9,14,16-17,19-20H,10-13,15H2,1-5H3. The Labute approximate surface area is 225 Å². The summed E-state index contributed by atoms with van der Waals surface area (Å²) in [6, 6.07) is 9.03. The smallest absolute Gasteiger partial charge is 0.181 e. The fourth-order valence-electron chi connectivity index (χ4n) is 5.63. The topological polar surface area (TPSA) is 72.4 Å². The van der Waals surface area contributed by atoms with E-state index in [4.69, 9.17) is 21.3 Å². The number of piperidine rings is 1. The summed E-state index contributed by atoms with van der Waals surface area (Å²) in [4.78, 5) is 12.0. The zero-order valence-electron chi connectivity index (χ0n) is 22.1. The van der Waals surface area contributed by atoms with Gasteiger partial charge in [-0.3, -0.25) is 0 Å². The second kappa shape index (κ2) is 10.0. The Bertz CT molecular complexity index is 1450. The highest BCUT2D eigenvalue weighted by atomic mass is 35.5. The normalized spacial score (nSPS) is 18.7. The quantitative estimate of drug-likeness (QED) is 0.391. The molecule has 0 N–H and O–H groups in total. The fraction of sp³-hybridized carbons (Fsp3) is 0.448. The lowest BCUT2D eigenvalue weighted by Gasteiger charge is -2.31. The van der Waals surface area contributed by atoms with E-state index in [0.717, 1.165) is 43.7 Å². The van der Waals surface area contributed by atoms with E-state index in [1.807, 2.05) is 0 Å². The van der Waals surface area contributed by atoms with Crippen molar-refractivity contribution in [3.8, 4) is 28.4 Å². The summed E-state index contributed by atoms with van der Waals surface area (Å²) in [7, 11) is -1.36. The number of rotatable bonds is 5. The molecule has 0 aliphatic carbocycles. The first kappa shape index (κ1) is 26.1. The molecule has 0 amide bonds. The van der Waals surface area contributed by atoms with E-state index in [1.54, 1.807) is 44.3 Å². The molecule has 2 aromatic carbocycles. The van der Waals surface area contributed by atoms with E-state index in [2.05, 4.69) is 36.8 Å². The predicted octanol–water partition coefficient (Wildman–Crippen LogP) is 6.09. The van der Waals surface area contributed by atoms with Crippen LogP contribution in [0.5, 0.6) is 5.75 Å². The summed E-state index contributed by atoms with van der Waals surface area (Å²) in [5.41, 5.74) is 5.62. The average molecular weight is 540 g/mol. The van der Waals surface area contributed by atoms with Gasteiger partial charge < -0.3 is 9.64 Å². The van der Waals surface area contributed by atoms with Crippen molar-refractivity contribution in [3.05, 3.63) is 58.2 Å². The largest absolute Gasteiger partial charge is 0.489 e. The third kappa shape index (κ3) is 4.77. The van der Waals surface area contributed by atoms with Gasteiger partial charge in [-0.25, -0.2) is 18.4 Å². The highest BCUT2D eigenvalue weighted by molar-refractivity contribution is 7.92. The Morgan fingerprint density at radius 3 is 2.54 bits per heavy atom. The molecule has 1 saturated heterocycles. The molecule has 8 heteroatoms. The van der Waals surface area contributed by atoms with Crippen LogP contribution < -0.4 is 4.74 Å². The van der Waals surface area contributed by atoms with Crippen LogP contribution in [-0.4, -0.2) is 54.8 Å². The third-order valence-corrected chi connectivity index (χ3v) is 10.1. The van der Waals surface area contributed by atoms with Gasteiger partial charge >= 0.3 is 0 Å². The molecule has 2 aliphatic heterocycles. The summed E-state index contributed by atoms with van der Waals surface area (Å²) in [6.45, 7) is 9.81. The van der Waals surface area contributed by atoms with Gasteiger partial charge in [-0.1, -0.05) is 29.8 Å². The number of hydrogen-bond acceptors (Lipinski definition) is 6. The maximum absolute atomic E-state index is 13.1. The van der Waals surface area contributed by atoms with Crippen molar-refractivity contribution in [3.63, 3.8) is 0 Å². The Morgan fingerprint density at radius 2 is 1.84 bits per heavy atom. The van der Waals surface area contributed by atoms with Crippen LogP contribution in [0.15, 0.2) is 41.4 Å².